The highest BCUT2D eigenvalue weighted by atomic mass is 35.5. The SMILES string of the molecule is COc1ccc(Nc2nc(NC3C=CCCCC3)nc(N(C)C3C=CN(C)CC3)n2)cc1Cl. The number of halogens is 1. The maximum Gasteiger partial charge on any atom is 0.233 e. The van der Waals surface area contributed by atoms with E-state index in [-0.39, 0.29) is 12.1 Å². The number of ether oxygens (including phenoxy) is 1. The number of hydrogen-bond acceptors (Lipinski definition) is 8. The van der Waals surface area contributed by atoms with Gasteiger partial charge in [0.1, 0.15) is 5.75 Å². The molecule has 0 saturated heterocycles. The third kappa shape index (κ3) is 6.07. The Bertz CT molecular complexity index is 1010. The average Bonchev–Trinajstić information content (AvgIpc) is 3.08. The second-order valence-corrected chi connectivity index (χ2v) is 8.92. The van der Waals surface area contributed by atoms with Crippen LogP contribution in [0.2, 0.25) is 5.02 Å². The fourth-order valence-electron chi connectivity index (χ4n) is 4.01. The highest BCUT2D eigenvalue weighted by Crippen LogP contribution is 2.29. The van der Waals surface area contributed by atoms with Gasteiger partial charge in [0.05, 0.1) is 18.2 Å². The quantitative estimate of drug-likeness (QED) is 0.557. The fourth-order valence-corrected chi connectivity index (χ4v) is 4.27. The van der Waals surface area contributed by atoms with Crippen LogP contribution in [0.5, 0.6) is 5.75 Å². The average molecular weight is 470 g/mol. The van der Waals surface area contributed by atoms with Gasteiger partial charge in [-0.3, -0.25) is 0 Å². The van der Waals surface area contributed by atoms with Gasteiger partial charge in [0.25, 0.3) is 0 Å². The van der Waals surface area contributed by atoms with Crippen molar-refractivity contribution in [1.82, 2.24) is 19.9 Å². The van der Waals surface area contributed by atoms with Crippen LogP contribution in [0.1, 0.15) is 32.1 Å². The Morgan fingerprint density at radius 1 is 1.12 bits per heavy atom. The van der Waals surface area contributed by atoms with Crippen molar-refractivity contribution >= 4 is 35.1 Å². The molecule has 1 aromatic carbocycles. The predicted molar refractivity (Wildman–Crippen MR) is 135 cm³/mol. The van der Waals surface area contributed by atoms with Crippen LogP contribution >= 0.6 is 11.6 Å². The molecule has 0 radical (unpaired) electrons. The van der Waals surface area contributed by atoms with Crippen LogP contribution in [0, 0.1) is 0 Å². The molecule has 0 fully saturated rings. The van der Waals surface area contributed by atoms with Gasteiger partial charge in [-0.25, -0.2) is 0 Å². The molecular weight excluding hydrogens is 438 g/mol. The zero-order chi connectivity index (χ0) is 23.2. The van der Waals surface area contributed by atoms with Crippen molar-refractivity contribution in [1.29, 1.82) is 0 Å². The first-order valence-corrected chi connectivity index (χ1v) is 11.8. The number of anilines is 4. The number of allylic oxidation sites excluding steroid dienone is 1. The molecule has 1 aliphatic carbocycles. The van der Waals surface area contributed by atoms with E-state index in [4.69, 9.17) is 26.3 Å². The molecule has 0 bridgehead atoms. The molecule has 2 aromatic rings. The van der Waals surface area contributed by atoms with Gasteiger partial charge in [0.2, 0.25) is 17.8 Å². The molecule has 2 aliphatic rings. The van der Waals surface area contributed by atoms with Crippen molar-refractivity contribution in [3.63, 3.8) is 0 Å². The third-order valence-corrected chi connectivity index (χ3v) is 6.30. The molecular formula is C24H32ClN7O. The largest absolute Gasteiger partial charge is 0.495 e. The molecule has 4 rings (SSSR count). The highest BCUT2D eigenvalue weighted by molar-refractivity contribution is 6.32. The van der Waals surface area contributed by atoms with Gasteiger partial charge < -0.3 is 25.2 Å². The van der Waals surface area contributed by atoms with Gasteiger partial charge in [0, 0.05) is 32.4 Å². The summed E-state index contributed by atoms with van der Waals surface area (Å²) in [4.78, 5) is 18.4. The molecule has 0 amide bonds. The molecule has 1 aliphatic heterocycles. The van der Waals surface area contributed by atoms with Gasteiger partial charge in [0.15, 0.2) is 0 Å². The lowest BCUT2D eigenvalue weighted by Crippen LogP contribution is -2.37. The maximum absolute atomic E-state index is 6.31. The van der Waals surface area contributed by atoms with E-state index in [0.717, 1.165) is 31.5 Å². The lowest BCUT2D eigenvalue weighted by molar-refractivity contribution is 0.403. The molecule has 2 atom stereocenters. The van der Waals surface area contributed by atoms with Gasteiger partial charge in [-0.15, -0.1) is 0 Å². The van der Waals surface area contributed by atoms with Crippen molar-refractivity contribution in [3.05, 3.63) is 47.6 Å². The molecule has 1 aromatic heterocycles. The molecule has 2 unspecified atom stereocenters. The van der Waals surface area contributed by atoms with Gasteiger partial charge >= 0.3 is 0 Å². The van der Waals surface area contributed by atoms with E-state index < -0.39 is 0 Å². The van der Waals surface area contributed by atoms with Crippen molar-refractivity contribution in [3.8, 4) is 5.75 Å². The third-order valence-electron chi connectivity index (χ3n) is 6.00. The van der Waals surface area contributed by atoms with Gasteiger partial charge in [-0.1, -0.05) is 30.2 Å². The number of likely N-dealkylation sites (N-methyl/N-ethyl adjacent to an activating group) is 1. The predicted octanol–water partition coefficient (Wildman–Crippen LogP) is 4.84. The second-order valence-electron chi connectivity index (χ2n) is 8.51. The van der Waals surface area contributed by atoms with Crippen molar-refractivity contribution in [2.45, 2.75) is 44.2 Å². The number of benzene rings is 1. The summed E-state index contributed by atoms with van der Waals surface area (Å²) in [5, 5.41) is 7.29. The number of nitrogens with zero attached hydrogens (tertiary/aromatic N) is 5. The Morgan fingerprint density at radius 3 is 2.73 bits per heavy atom. The number of nitrogens with one attached hydrogen (secondary N) is 2. The topological polar surface area (TPSA) is 78.4 Å². The Hall–Kier alpha value is -3.00. The normalized spacial score (nSPS) is 20.3. The van der Waals surface area contributed by atoms with Crippen LogP contribution in [-0.4, -0.2) is 59.7 Å². The highest BCUT2D eigenvalue weighted by Gasteiger charge is 2.21. The summed E-state index contributed by atoms with van der Waals surface area (Å²) in [6.45, 7) is 0.990. The Kier molecular flexibility index (Phi) is 7.54. The summed E-state index contributed by atoms with van der Waals surface area (Å²) in [5.74, 6) is 2.26. The van der Waals surface area contributed by atoms with Crippen molar-refractivity contribution in [2.24, 2.45) is 0 Å². The van der Waals surface area contributed by atoms with E-state index in [1.54, 1.807) is 13.2 Å². The summed E-state index contributed by atoms with van der Waals surface area (Å²) >= 11 is 6.31. The molecule has 176 valence electrons. The lowest BCUT2D eigenvalue weighted by atomic mass is 10.1. The maximum atomic E-state index is 6.31. The minimum Gasteiger partial charge on any atom is -0.495 e. The number of aromatic nitrogens is 3. The van der Waals surface area contributed by atoms with E-state index in [1.807, 2.05) is 19.2 Å². The monoisotopic (exact) mass is 469 g/mol. The lowest BCUT2D eigenvalue weighted by Gasteiger charge is -2.31. The van der Waals surface area contributed by atoms with Crippen molar-refractivity contribution in [2.75, 3.05) is 43.3 Å². The van der Waals surface area contributed by atoms with Crippen LogP contribution in [0.15, 0.2) is 42.6 Å². The zero-order valence-electron chi connectivity index (χ0n) is 19.5. The molecule has 33 heavy (non-hydrogen) atoms. The summed E-state index contributed by atoms with van der Waals surface area (Å²) in [7, 11) is 5.71. The smallest absolute Gasteiger partial charge is 0.233 e. The van der Waals surface area contributed by atoms with Crippen LogP contribution in [0.4, 0.5) is 23.5 Å². The minimum absolute atomic E-state index is 0.208. The van der Waals surface area contributed by atoms with E-state index in [9.17, 15) is 0 Å². The molecule has 2 N–H and O–H groups in total. The molecule has 0 spiro atoms. The molecule has 9 heteroatoms. The summed E-state index contributed by atoms with van der Waals surface area (Å²) < 4.78 is 5.26. The van der Waals surface area contributed by atoms with Gasteiger partial charge in [-0.2, -0.15) is 15.0 Å². The Labute approximate surface area is 200 Å². The summed E-state index contributed by atoms with van der Waals surface area (Å²) in [6.07, 6.45) is 14.3. The van der Waals surface area contributed by atoms with Crippen LogP contribution in [0.3, 0.4) is 0 Å². The van der Waals surface area contributed by atoms with Crippen LogP contribution in [0.25, 0.3) is 0 Å². The summed E-state index contributed by atoms with van der Waals surface area (Å²) in [6, 6.07) is 5.93. The number of hydrogen-bond donors (Lipinski definition) is 2. The van der Waals surface area contributed by atoms with E-state index in [2.05, 4.69) is 56.9 Å². The van der Waals surface area contributed by atoms with Crippen molar-refractivity contribution < 1.29 is 4.74 Å². The zero-order valence-corrected chi connectivity index (χ0v) is 20.2. The molecule has 8 nitrogen and oxygen atoms in total. The second kappa shape index (κ2) is 10.7. The first-order chi connectivity index (χ1) is 16.0. The molecule has 2 heterocycles. The van der Waals surface area contributed by atoms with Crippen LogP contribution in [-0.2, 0) is 0 Å². The van der Waals surface area contributed by atoms with Gasteiger partial charge in [-0.05, 0) is 56.2 Å². The van der Waals surface area contributed by atoms with E-state index >= 15 is 0 Å². The van der Waals surface area contributed by atoms with E-state index in [1.165, 1.54) is 12.8 Å². The Balaban J connectivity index is 1.62. The number of methoxy groups -OCH3 is 1. The fraction of sp³-hybridized carbons (Fsp3) is 0.458. The molecule has 0 saturated carbocycles. The van der Waals surface area contributed by atoms with E-state index in [0.29, 0.717) is 28.6 Å². The summed E-state index contributed by atoms with van der Waals surface area (Å²) in [5.41, 5.74) is 0.778. The Morgan fingerprint density at radius 2 is 1.97 bits per heavy atom. The number of rotatable bonds is 7. The minimum atomic E-state index is 0.208. The first kappa shape index (κ1) is 23.2. The first-order valence-electron chi connectivity index (χ1n) is 11.4. The standard InChI is InChI=1S/C24H32ClN7O/c1-31-14-12-19(13-15-31)32(2)24-29-22(26-17-8-6-4-5-7-9-17)28-23(30-24)27-18-10-11-21(33-3)20(25)16-18/h6,8,10-12,14,16-17,19H,4-5,7,9,13,15H2,1-3H3,(H2,26,27,28,29,30). The van der Waals surface area contributed by atoms with Crippen LogP contribution < -0.4 is 20.3 Å².